The SMILES string of the molecule is CC(=O)Nc1c2n(c3ccc(F)cc13)CC(C)(C(=O)NC1CCCC1)N(c1ccc(Cl)cc1)C2=O. The molecule has 1 unspecified atom stereocenters. The van der Waals surface area contributed by atoms with E-state index in [0.29, 0.717) is 21.6 Å². The molecule has 1 aliphatic carbocycles. The second kappa shape index (κ2) is 8.68. The third-order valence-corrected chi connectivity index (χ3v) is 7.21. The Kier molecular flexibility index (Phi) is 5.79. The van der Waals surface area contributed by atoms with Crippen LogP contribution < -0.4 is 15.5 Å². The Bertz CT molecular complexity index is 1350. The molecule has 5 rings (SSSR count). The summed E-state index contributed by atoms with van der Waals surface area (Å²) in [6, 6.07) is 10.9. The minimum absolute atomic E-state index is 0.0633. The first-order valence-corrected chi connectivity index (χ1v) is 12.1. The lowest BCUT2D eigenvalue weighted by Crippen LogP contribution is -2.65. The van der Waals surface area contributed by atoms with Gasteiger partial charge in [-0.25, -0.2) is 4.39 Å². The van der Waals surface area contributed by atoms with Crippen LogP contribution in [-0.4, -0.2) is 33.9 Å². The van der Waals surface area contributed by atoms with E-state index < -0.39 is 17.3 Å². The minimum Gasteiger partial charge on any atom is -0.351 e. The standard InChI is InChI=1S/C26H26ClFN4O3/c1-15(33)29-22-20-13-17(28)9-12-21(20)31-14-26(2,25(35)30-18-5-3-4-6-18)32(24(34)23(22)31)19-10-7-16(27)8-11-19/h7-13,18H,3-6,14H2,1-2H3,(H,29,33)(H,30,35). The minimum atomic E-state index is -1.28. The number of nitrogens with zero attached hydrogens (tertiary/aromatic N) is 2. The zero-order chi connectivity index (χ0) is 24.9. The first-order chi connectivity index (χ1) is 16.7. The van der Waals surface area contributed by atoms with E-state index in [1.54, 1.807) is 41.8 Å². The molecular weight excluding hydrogens is 471 g/mol. The fourth-order valence-electron chi connectivity index (χ4n) is 5.30. The molecule has 182 valence electrons. The van der Waals surface area contributed by atoms with Crippen molar-refractivity contribution in [2.75, 3.05) is 10.2 Å². The van der Waals surface area contributed by atoms with Crippen LogP contribution in [0.5, 0.6) is 0 Å². The molecule has 1 atom stereocenters. The fraction of sp³-hybridized carbons (Fsp3) is 0.346. The molecule has 3 amide bonds. The van der Waals surface area contributed by atoms with Crippen LogP contribution in [0.1, 0.15) is 50.0 Å². The van der Waals surface area contributed by atoms with E-state index in [2.05, 4.69) is 10.6 Å². The average molecular weight is 497 g/mol. The third-order valence-electron chi connectivity index (χ3n) is 6.96. The smallest absolute Gasteiger partial charge is 0.278 e. The van der Waals surface area contributed by atoms with Gasteiger partial charge in [0.25, 0.3) is 5.91 Å². The molecule has 2 aliphatic rings. The molecule has 1 aromatic heterocycles. The molecule has 2 N–H and O–H groups in total. The first kappa shape index (κ1) is 23.4. The molecule has 35 heavy (non-hydrogen) atoms. The Morgan fingerprint density at radius 2 is 1.80 bits per heavy atom. The molecule has 1 saturated carbocycles. The molecule has 1 aliphatic heterocycles. The van der Waals surface area contributed by atoms with Crippen LogP contribution in [0, 0.1) is 5.82 Å². The molecule has 9 heteroatoms. The molecule has 0 spiro atoms. The second-order valence-electron chi connectivity index (χ2n) is 9.50. The number of halogens is 2. The molecule has 0 bridgehead atoms. The largest absolute Gasteiger partial charge is 0.351 e. The second-order valence-corrected chi connectivity index (χ2v) is 9.93. The predicted molar refractivity (Wildman–Crippen MR) is 133 cm³/mol. The normalized spacial score (nSPS) is 20.2. The fourth-order valence-corrected chi connectivity index (χ4v) is 5.43. The van der Waals surface area contributed by atoms with Crippen LogP contribution in [0.15, 0.2) is 42.5 Å². The highest BCUT2D eigenvalue weighted by molar-refractivity contribution is 6.30. The van der Waals surface area contributed by atoms with Crippen LogP contribution in [-0.2, 0) is 16.1 Å². The summed E-state index contributed by atoms with van der Waals surface area (Å²) < 4.78 is 15.9. The highest BCUT2D eigenvalue weighted by Crippen LogP contribution is 2.41. The van der Waals surface area contributed by atoms with Gasteiger partial charge < -0.3 is 15.2 Å². The number of rotatable bonds is 4. The van der Waals surface area contributed by atoms with Gasteiger partial charge in [0.1, 0.15) is 17.1 Å². The van der Waals surface area contributed by atoms with E-state index >= 15 is 0 Å². The Morgan fingerprint density at radius 1 is 1.11 bits per heavy atom. The average Bonchev–Trinajstić information content (AvgIpc) is 3.41. The Labute approximate surface area is 207 Å². The summed E-state index contributed by atoms with van der Waals surface area (Å²) in [6.07, 6.45) is 3.92. The van der Waals surface area contributed by atoms with Gasteiger partial charge in [-0.1, -0.05) is 24.4 Å². The van der Waals surface area contributed by atoms with Gasteiger partial charge in [-0.2, -0.15) is 0 Å². The first-order valence-electron chi connectivity index (χ1n) is 11.7. The summed E-state index contributed by atoms with van der Waals surface area (Å²) in [5, 5.41) is 6.76. The van der Waals surface area contributed by atoms with Gasteiger partial charge in [-0.05, 0) is 62.2 Å². The number of carbonyl (C=O) groups excluding carboxylic acids is 3. The molecule has 2 heterocycles. The van der Waals surface area contributed by atoms with Gasteiger partial charge in [0.15, 0.2) is 0 Å². The zero-order valence-corrected chi connectivity index (χ0v) is 20.3. The molecule has 1 fully saturated rings. The van der Waals surface area contributed by atoms with Gasteiger partial charge in [0.2, 0.25) is 11.8 Å². The van der Waals surface area contributed by atoms with Crippen LogP contribution in [0.4, 0.5) is 15.8 Å². The Morgan fingerprint density at radius 3 is 2.46 bits per heavy atom. The van der Waals surface area contributed by atoms with Crippen molar-refractivity contribution < 1.29 is 18.8 Å². The number of anilines is 2. The van der Waals surface area contributed by atoms with Crippen molar-refractivity contribution in [1.82, 2.24) is 9.88 Å². The number of carbonyl (C=O) groups is 3. The maximum absolute atomic E-state index is 14.2. The lowest BCUT2D eigenvalue weighted by Gasteiger charge is -2.44. The third kappa shape index (κ3) is 3.95. The molecular formula is C26H26ClFN4O3. The highest BCUT2D eigenvalue weighted by Gasteiger charge is 2.50. The molecule has 0 saturated heterocycles. The lowest BCUT2D eigenvalue weighted by atomic mass is 9.93. The monoisotopic (exact) mass is 496 g/mol. The number of amides is 3. The van der Waals surface area contributed by atoms with E-state index in [4.69, 9.17) is 11.6 Å². The van der Waals surface area contributed by atoms with Gasteiger partial charge in [-0.3, -0.25) is 19.3 Å². The number of hydrogen-bond donors (Lipinski definition) is 2. The Balaban J connectivity index is 1.71. The van der Waals surface area contributed by atoms with Crippen molar-refractivity contribution in [3.8, 4) is 0 Å². The summed E-state index contributed by atoms with van der Waals surface area (Å²) in [5.41, 5.74) is 0.208. The maximum atomic E-state index is 14.2. The maximum Gasteiger partial charge on any atom is 0.278 e. The van der Waals surface area contributed by atoms with Crippen molar-refractivity contribution in [3.05, 3.63) is 59.0 Å². The number of hydrogen-bond acceptors (Lipinski definition) is 3. The summed E-state index contributed by atoms with van der Waals surface area (Å²) in [5.74, 6) is -1.61. The van der Waals surface area contributed by atoms with Crippen molar-refractivity contribution in [3.63, 3.8) is 0 Å². The summed E-state index contributed by atoms with van der Waals surface area (Å²) in [4.78, 5) is 41.4. The van der Waals surface area contributed by atoms with Crippen molar-refractivity contribution in [1.29, 1.82) is 0 Å². The van der Waals surface area contributed by atoms with E-state index in [9.17, 15) is 18.8 Å². The molecule has 3 aromatic rings. The van der Waals surface area contributed by atoms with Crippen LogP contribution in [0.3, 0.4) is 0 Å². The van der Waals surface area contributed by atoms with E-state index in [1.165, 1.54) is 24.0 Å². The van der Waals surface area contributed by atoms with Crippen molar-refractivity contribution in [2.45, 2.75) is 57.7 Å². The summed E-state index contributed by atoms with van der Waals surface area (Å²) >= 11 is 6.10. The number of aromatic nitrogens is 1. The number of fused-ring (bicyclic) bond motifs is 3. The van der Waals surface area contributed by atoms with Crippen molar-refractivity contribution >= 4 is 51.6 Å². The van der Waals surface area contributed by atoms with Crippen LogP contribution in [0.25, 0.3) is 10.9 Å². The molecule has 7 nitrogen and oxygen atoms in total. The predicted octanol–water partition coefficient (Wildman–Crippen LogP) is 4.87. The lowest BCUT2D eigenvalue weighted by molar-refractivity contribution is -0.127. The van der Waals surface area contributed by atoms with E-state index in [1.807, 2.05) is 0 Å². The van der Waals surface area contributed by atoms with Gasteiger partial charge >= 0.3 is 0 Å². The topological polar surface area (TPSA) is 83.4 Å². The molecule has 2 aromatic carbocycles. The van der Waals surface area contributed by atoms with Gasteiger partial charge in [-0.15, -0.1) is 0 Å². The van der Waals surface area contributed by atoms with Crippen molar-refractivity contribution in [2.24, 2.45) is 0 Å². The zero-order valence-electron chi connectivity index (χ0n) is 19.5. The highest BCUT2D eigenvalue weighted by atomic mass is 35.5. The summed E-state index contributed by atoms with van der Waals surface area (Å²) in [6.45, 7) is 3.19. The number of benzene rings is 2. The van der Waals surface area contributed by atoms with Gasteiger partial charge in [0, 0.05) is 29.1 Å². The van der Waals surface area contributed by atoms with E-state index in [0.717, 1.165) is 25.7 Å². The van der Waals surface area contributed by atoms with Crippen LogP contribution >= 0.6 is 11.6 Å². The molecule has 0 radical (unpaired) electrons. The summed E-state index contributed by atoms with van der Waals surface area (Å²) in [7, 11) is 0. The number of nitrogens with one attached hydrogen (secondary N) is 2. The van der Waals surface area contributed by atoms with Gasteiger partial charge in [0.05, 0.1) is 17.7 Å². The quantitative estimate of drug-likeness (QED) is 0.540. The Hall–Kier alpha value is -3.39. The van der Waals surface area contributed by atoms with E-state index in [-0.39, 0.29) is 35.8 Å². The van der Waals surface area contributed by atoms with Crippen LogP contribution in [0.2, 0.25) is 5.02 Å².